The van der Waals surface area contributed by atoms with Gasteiger partial charge in [-0.3, -0.25) is 4.79 Å². The third-order valence-electron chi connectivity index (χ3n) is 3.37. The summed E-state index contributed by atoms with van der Waals surface area (Å²) in [6.07, 6.45) is 4.49. The molecule has 0 aliphatic carbocycles. The second-order valence-electron chi connectivity index (χ2n) is 5.03. The molecular weight excluding hydrogens is 323 g/mol. The zero-order chi connectivity index (χ0) is 15.5. The van der Waals surface area contributed by atoms with Crippen LogP contribution in [0.2, 0.25) is 5.02 Å². The van der Waals surface area contributed by atoms with Crippen LogP contribution in [0.4, 0.5) is 0 Å². The summed E-state index contributed by atoms with van der Waals surface area (Å²) in [5.74, 6) is 0.0683. The van der Waals surface area contributed by atoms with E-state index in [0.29, 0.717) is 18.0 Å². The van der Waals surface area contributed by atoms with Gasteiger partial charge in [-0.15, -0.1) is 12.4 Å². The lowest BCUT2D eigenvalue weighted by Crippen LogP contribution is -2.28. The van der Waals surface area contributed by atoms with Gasteiger partial charge in [0.25, 0.3) is 0 Å². The lowest BCUT2D eigenvalue weighted by molar-refractivity contribution is -0.121. The van der Waals surface area contributed by atoms with E-state index in [9.17, 15) is 4.79 Å². The summed E-state index contributed by atoms with van der Waals surface area (Å²) >= 11 is 5.86. The summed E-state index contributed by atoms with van der Waals surface area (Å²) in [6.45, 7) is 1.20. The van der Waals surface area contributed by atoms with Crippen LogP contribution in [0, 0.1) is 0 Å². The van der Waals surface area contributed by atoms with Gasteiger partial charge in [0.2, 0.25) is 5.91 Å². The largest absolute Gasteiger partial charge is 0.375 e. The molecule has 4 nitrogen and oxygen atoms in total. The molecule has 1 amide bonds. The maximum atomic E-state index is 11.8. The van der Waals surface area contributed by atoms with Crippen LogP contribution in [0.25, 0.3) is 0 Å². The molecule has 0 aliphatic rings. The number of nitrogens with one attached hydrogen (secondary N) is 1. The third-order valence-corrected chi connectivity index (χ3v) is 3.62. The smallest absolute Gasteiger partial charge is 0.220 e. The summed E-state index contributed by atoms with van der Waals surface area (Å²) in [5.41, 5.74) is 6.43. The Kier molecular flexibility index (Phi) is 12.2. The Bertz CT molecular complexity index is 413. The number of ether oxygens (including phenoxy) is 1. The van der Waals surface area contributed by atoms with E-state index in [4.69, 9.17) is 22.1 Å². The molecule has 0 radical (unpaired) electrons. The van der Waals surface area contributed by atoms with Gasteiger partial charge in [0, 0.05) is 25.1 Å². The van der Waals surface area contributed by atoms with E-state index < -0.39 is 0 Å². The number of nitrogens with two attached hydrogens (primary N) is 1. The van der Waals surface area contributed by atoms with Crippen LogP contribution in [0.1, 0.15) is 43.8 Å². The molecule has 0 aromatic heterocycles. The maximum absolute atomic E-state index is 11.8. The van der Waals surface area contributed by atoms with E-state index in [2.05, 4.69) is 5.32 Å². The SMILES string of the molecule is COC(CNC(=O)CCCCCCN)c1ccc(Cl)cc1.Cl. The molecule has 1 unspecified atom stereocenters. The minimum absolute atomic E-state index is 0. The number of rotatable bonds is 10. The minimum atomic E-state index is -0.150. The van der Waals surface area contributed by atoms with Crippen LogP contribution in [-0.2, 0) is 9.53 Å². The predicted octanol–water partition coefficient (Wildman–Crippen LogP) is 3.47. The van der Waals surface area contributed by atoms with Gasteiger partial charge >= 0.3 is 0 Å². The highest BCUT2D eigenvalue weighted by molar-refractivity contribution is 6.30. The number of amides is 1. The van der Waals surface area contributed by atoms with Crippen molar-refractivity contribution in [1.29, 1.82) is 0 Å². The zero-order valence-corrected chi connectivity index (χ0v) is 14.6. The van der Waals surface area contributed by atoms with Crippen molar-refractivity contribution in [3.63, 3.8) is 0 Å². The van der Waals surface area contributed by atoms with E-state index in [0.717, 1.165) is 37.8 Å². The Hall–Kier alpha value is -0.810. The molecule has 0 fully saturated rings. The number of hydrogen-bond donors (Lipinski definition) is 2. The average molecular weight is 349 g/mol. The molecular formula is C16H26Cl2N2O2. The highest BCUT2D eigenvalue weighted by Gasteiger charge is 2.11. The Morgan fingerprint density at radius 2 is 1.86 bits per heavy atom. The van der Waals surface area contributed by atoms with Crippen LogP contribution < -0.4 is 11.1 Å². The molecule has 6 heteroatoms. The first-order valence-electron chi connectivity index (χ1n) is 7.42. The molecule has 1 aromatic carbocycles. The van der Waals surface area contributed by atoms with Gasteiger partial charge in [-0.05, 0) is 37.1 Å². The van der Waals surface area contributed by atoms with Gasteiger partial charge in [-0.25, -0.2) is 0 Å². The lowest BCUT2D eigenvalue weighted by atomic mass is 10.1. The number of unbranched alkanes of at least 4 members (excludes halogenated alkanes) is 3. The molecule has 3 N–H and O–H groups in total. The zero-order valence-electron chi connectivity index (χ0n) is 13.0. The molecule has 0 heterocycles. The number of hydrogen-bond acceptors (Lipinski definition) is 3. The molecule has 1 rings (SSSR count). The first kappa shape index (κ1) is 21.2. The van der Waals surface area contributed by atoms with Gasteiger partial charge in [0.1, 0.15) is 0 Å². The van der Waals surface area contributed by atoms with Crippen molar-refractivity contribution in [3.8, 4) is 0 Å². The van der Waals surface area contributed by atoms with Crippen molar-refractivity contribution >= 4 is 29.9 Å². The van der Waals surface area contributed by atoms with E-state index in [-0.39, 0.29) is 24.4 Å². The second-order valence-corrected chi connectivity index (χ2v) is 5.47. The van der Waals surface area contributed by atoms with Crippen LogP contribution in [0.15, 0.2) is 24.3 Å². The number of halogens is 2. The van der Waals surface area contributed by atoms with Crippen molar-refractivity contribution in [2.75, 3.05) is 20.2 Å². The van der Waals surface area contributed by atoms with Crippen molar-refractivity contribution in [2.45, 2.75) is 38.2 Å². The Morgan fingerprint density at radius 3 is 2.45 bits per heavy atom. The van der Waals surface area contributed by atoms with E-state index in [1.165, 1.54) is 0 Å². The van der Waals surface area contributed by atoms with Crippen molar-refractivity contribution < 1.29 is 9.53 Å². The molecule has 0 aliphatic heterocycles. The Labute approximate surface area is 144 Å². The first-order valence-corrected chi connectivity index (χ1v) is 7.80. The number of benzene rings is 1. The Morgan fingerprint density at radius 1 is 1.23 bits per heavy atom. The number of methoxy groups -OCH3 is 1. The van der Waals surface area contributed by atoms with E-state index in [1.807, 2.05) is 24.3 Å². The standard InChI is InChI=1S/C16H25ClN2O2.ClH/c1-21-15(13-7-9-14(17)10-8-13)12-19-16(20)6-4-2-3-5-11-18;/h7-10,15H,2-6,11-12,18H2,1H3,(H,19,20);1H. The van der Waals surface area contributed by atoms with Crippen molar-refractivity contribution in [1.82, 2.24) is 5.32 Å². The molecule has 0 spiro atoms. The second kappa shape index (κ2) is 12.7. The summed E-state index contributed by atoms with van der Waals surface area (Å²) < 4.78 is 5.41. The molecule has 0 bridgehead atoms. The van der Waals surface area contributed by atoms with Crippen LogP contribution in [0.5, 0.6) is 0 Å². The number of carbonyl (C=O) groups excluding carboxylic acids is 1. The van der Waals surface area contributed by atoms with Gasteiger partial charge in [0.05, 0.1) is 6.10 Å². The fourth-order valence-corrected chi connectivity index (χ4v) is 2.22. The van der Waals surface area contributed by atoms with Crippen molar-refractivity contribution in [2.24, 2.45) is 5.73 Å². The van der Waals surface area contributed by atoms with Crippen molar-refractivity contribution in [3.05, 3.63) is 34.9 Å². The van der Waals surface area contributed by atoms with Crippen LogP contribution in [0.3, 0.4) is 0 Å². The normalized spacial score (nSPS) is 11.6. The lowest BCUT2D eigenvalue weighted by Gasteiger charge is -2.16. The van der Waals surface area contributed by atoms with Gasteiger partial charge in [0.15, 0.2) is 0 Å². The van der Waals surface area contributed by atoms with Gasteiger partial charge in [-0.2, -0.15) is 0 Å². The van der Waals surface area contributed by atoms with E-state index >= 15 is 0 Å². The fraction of sp³-hybridized carbons (Fsp3) is 0.562. The van der Waals surface area contributed by atoms with Crippen LogP contribution in [-0.4, -0.2) is 26.1 Å². The molecule has 126 valence electrons. The quantitative estimate of drug-likeness (QED) is 0.636. The Balaban J connectivity index is 0.00000441. The van der Waals surface area contributed by atoms with E-state index in [1.54, 1.807) is 7.11 Å². The highest BCUT2D eigenvalue weighted by Crippen LogP contribution is 2.18. The molecule has 0 saturated heterocycles. The minimum Gasteiger partial charge on any atom is -0.375 e. The number of carbonyl (C=O) groups is 1. The van der Waals surface area contributed by atoms with Gasteiger partial charge in [-0.1, -0.05) is 36.6 Å². The monoisotopic (exact) mass is 348 g/mol. The first-order chi connectivity index (χ1) is 10.2. The fourth-order valence-electron chi connectivity index (χ4n) is 2.09. The summed E-state index contributed by atoms with van der Waals surface area (Å²) in [4.78, 5) is 11.8. The summed E-state index contributed by atoms with van der Waals surface area (Å²) in [7, 11) is 1.64. The molecule has 1 aromatic rings. The summed E-state index contributed by atoms with van der Waals surface area (Å²) in [5, 5.41) is 3.61. The van der Waals surface area contributed by atoms with Gasteiger partial charge < -0.3 is 15.8 Å². The maximum Gasteiger partial charge on any atom is 0.220 e. The summed E-state index contributed by atoms with van der Waals surface area (Å²) in [6, 6.07) is 7.47. The average Bonchev–Trinajstić information content (AvgIpc) is 2.49. The molecule has 22 heavy (non-hydrogen) atoms. The van der Waals surface area contributed by atoms with Crippen LogP contribution >= 0.6 is 24.0 Å². The topological polar surface area (TPSA) is 64.3 Å². The highest BCUT2D eigenvalue weighted by atomic mass is 35.5. The third kappa shape index (κ3) is 8.59. The predicted molar refractivity (Wildman–Crippen MR) is 93.6 cm³/mol. The molecule has 0 saturated carbocycles. The molecule has 1 atom stereocenters.